The number of ketones is 1. The molecule has 0 radical (unpaired) electrons. The Labute approximate surface area is 109 Å². The predicted octanol–water partition coefficient (Wildman–Crippen LogP) is 4.42. The third-order valence-electron chi connectivity index (χ3n) is 4.63. The summed E-state index contributed by atoms with van der Waals surface area (Å²) < 4.78 is 0. The minimum absolute atomic E-state index is 0.352. The van der Waals surface area contributed by atoms with Gasteiger partial charge in [-0.15, -0.1) is 0 Å². The van der Waals surface area contributed by atoms with E-state index in [-0.39, 0.29) is 0 Å². The number of rotatable bonds is 0. The summed E-state index contributed by atoms with van der Waals surface area (Å²) in [6.07, 6.45) is 7.11. The number of carbonyl (C=O) groups is 1. The van der Waals surface area contributed by atoms with Gasteiger partial charge in [0.15, 0.2) is 5.78 Å². The molecule has 0 aromatic heterocycles. The molecule has 0 N–H and O–H groups in total. The molecular formula is C17H20O. The largest absolute Gasteiger partial charge is 0.289 e. The van der Waals surface area contributed by atoms with Crippen LogP contribution < -0.4 is 0 Å². The summed E-state index contributed by atoms with van der Waals surface area (Å²) in [5.41, 5.74) is 9.23. The molecule has 0 aromatic rings. The Morgan fingerprint density at radius 2 is 1.50 bits per heavy atom. The number of Topliss-reactive ketones (excluding diaryl/α,β-unsaturated/α-hetero) is 1. The molecule has 1 nitrogen and oxygen atoms in total. The summed E-state index contributed by atoms with van der Waals surface area (Å²) in [5, 5.41) is 0. The van der Waals surface area contributed by atoms with Crippen molar-refractivity contribution < 1.29 is 4.79 Å². The van der Waals surface area contributed by atoms with Gasteiger partial charge < -0.3 is 0 Å². The lowest BCUT2D eigenvalue weighted by molar-refractivity contribution is -0.112. The number of carbonyl (C=O) groups excluding carboxylic acids is 1. The molecule has 1 heteroatoms. The van der Waals surface area contributed by atoms with Crippen molar-refractivity contribution in [3.63, 3.8) is 0 Å². The lowest BCUT2D eigenvalue weighted by Crippen LogP contribution is -2.21. The monoisotopic (exact) mass is 240 g/mol. The van der Waals surface area contributed by atoms with Crippen LogP contribution in [-0.4, -0.2) is 5.78 Å². The Kier molecular flexibility index (Phi) is 2.65. The third-order valence-corrected chi connectivity index (χ3v) is 4.63. The van der Waals surface area contributed by atoms with E-state index >= 15 is 0 Å². The molecule has 0 heterocycles. The van der Waals surface area contributed by atoms with Crippen molar-refractivity contribution in [3.05, 3.63) is 45.1 Å². The van der Waals surface area contributed by atoms with E-state index in [1.165, 1.54) is 27.9 Å². The highest BCUT2D eigenvalue weighted by atomic mass is 16.1. The molecule has 0 amide bonds. The van der Waals surface area contributed by atoms with Crippen LogP contribution in [0.15, 0.2) is 45.1 Å². The molecule has 94 valence electrons. The van der Waals surface area contributed by atoms with E-state index in [0.29, 0.717) is 5.78 Å². The van der Waals surface area contributed by atoms with Gasteiger partial charge in [0.05, 0.1) is 0 Å². The SMILES string of the molecule is CC1=CCC2=C(C1)C(=O)C1=C(CC(C)=C(C)C1)C2. The van der Waals surface area contributed by atoms with Crippen molar-refractivity contribution in [2.75, 3.05) is 0 Å². The molecule has 18 heavy (non-hydrogen) atoms. The Hall–Kier alpha value is -1.37. The maximum Gasteiger partial charge on any atom is 0.185 e. The van der Waals surface area contributed by atoms with Crippen LogP contribution >= 0.6 is 0 Å². The zero-order valence-electron chi connectivity index (χ0n) is 11.5. The minimum atomic E-state index is 0.352. The lowest BCUT2D eigenvalue weighted by atomic mass is 9.73. The fraction of sp³-hybridized carbons (Fsp3) is 0.471. The number of hydrogen-bond acceptors (Lipinski definition) is 1. The van der Waals surface area contributed by atoms with Crippen LogP contribution in [0.5, 0.6) is 0 Å². The van der Waals surface area contributed by atoms with Crippen LogP contribution in [-0.2, 0) is 4.79 Å². The highest BCUT2D eigenvalue weighted by Crippen LogP contribution is 2.42. The first kappa shape index (κ1) is 11.7. The van der Waals surface area contributed by atoms with E-state index in [0.717, 1.165) is 43.3 Å². The standard InChI is InChI=1S/C17H20O/c1-10-4-5-13-9-14-7-11(2)12(3)8-16(14)17(18)15(13)6-10/h4H,5-9H2,1-3H3. The molecule has 0 bridgehead atoms. The summed E-state index contributed by atoms with van der Waals surface area (Å²) in [6.45, 7) is 6.51. The first-order chi connectivity index (χ1) is 8.56. The van der Waals surface area contributed by atoms with E-state index in [1.807, 2.05) is 0 Å². The lowest BCUT2D eigenvalue weighted by Gasteiger charge is -2.30. The Morgan fingerprint density at radius 1 is 0.833 bits per heavy atom. The van der Waals surface area contributed by atoms with Crippen molar-refractivity contribution in [3.8, 4) is 0 Å². The zero-order valence-corrected chi connectivity index (χ0v) is 11.5. The van der Waals surface area contributed by atoms with E-state index in [4.69, 9.17) is 0 Å². The van der Waals surface area contributed by atoms with Gasteiger partial charge in [0, 0.05) is 11.1 Å². The highest BCUT2D eigenvalue weighted by molar-refractivity contribution is 6.11. The normalized spacial score (nSPS) is 24.2. The molecule has 0 aliphatic heterocycles. The molecule has 0 saturated heterocycles. The van der Waals surface area contributed by atoms with Crippen LogP contribution in [0, 0.1) is 0 Å². The maximum absolute atomic E-state index is 12.6. The Bertz CT molecular complexity index is 564. The fourth-order valence-corrected chi connectivity index (χ4v) is 3.28. The molecule has 0 saturated carbocycles. The molecule has 0 fully saturated rings. The van der Waals surface area contributed by atoms with Crippen molar-refractivity contribution in [2.45, 2.75) is 52.9 Å². The van der Waals surface area contributed by atoms with Gasteiger partial charge in [0.1, 0.15) is 0 Å². The fourth-order valence-electron chi connectivity index (χ4n) is 3.28. The first-order valence-electron chi connectivity index (χ1n) is 6.83. The van der Waals surface area contributed by atoms with Crippen molar-refractivity contribution in [1.29, 1.82) is 0 Å². The van der Waals surface area contributed by atoms with Gasteiger partial charge in [0.25, 0.3) is 0 Å². The predicted molar refractivity (Wildman–Crippen MR) is 74.3 cm³/mol. The van der Waals surface area contributed by atoms with Crippen LogP contribution in [0.25, 0.3) is 0 Å². The first-order valence-corrected chi connectivity index (χ1v) is 6.83. The van der Waals surface area contributed by atoms with Crippen LogP contribution in [0.2, 0.25) is 0 Å². The van der Waals surface area contributed by atoms with Gasteiger partial charge in [-0.1, -0.05) is 33.9 Å². The summed E-state index contributed by atoms with van der Waals surface area (Å²) >= 11 is 0. The number of allylic oxidation sites excluding steroid dienone is 8. The van der Waals surface area contributed by atoms with Gasteiger partial charge in [-0.25, -0.2) is 0 Å². The topological polar surface area (TPSA) is 17.1 Å². The second kappa shape index (κ2) is 4.08. The number of hydrogen-bond donors (Lipinski definition) is 0. The van der Waals surface area contributed by atoms with E-state index in [9.17, 15) is 4.79 Å². The molecule has 3 rings (SSSR count). The van der Waals surface area contributed by atoms with Crippen molar-refractivity contribution in [1.82, 2.24) is 0 Å². The smallest absolute Gasteiger partial charge is 0.185 e. The molecule has 0 aromatic carbocycles. The molecule has 0 unspecified atom stereocenters. The van der Waals surface area contributed by atoms with Gasteiger partial charge >= 0.3 is 0 Å². The van der Waals surface area contributed by atoms with E-state index in [1.54, 1.807) is 0 Å². The summed E-state index contributed by atoms with van der Waals surface area (Å²) in [5.74, 6) is 0.352. The quantitative estimate of drug-likeness (QED) is 0.573. The second-order valence-electron chi connectivity index (χ2n) is 6.02. The molecule has 0 atom stereocenters. The van der Waals surface area contributed by atoms with Gasteiger partial charge in [-0.05, 0) is 52.9 Å². The third kappa shape index (κ3) is 1.73. The van der Waals surface area contributed by atoms with Gasteiger partial charge in [-0.2, -0.15) is 0 Å². The van der Waals surface area contributed by atoms with E-state index in [2.05, 4.69) is 26.8 Å². The Morgan fingerprint density at radius 3 is 2.28 bits per heavy atom. The summed E-state index contributed by atoms with van der Waals surface area (Å²) in [4.78, 5) is 12.6. The van der Waals surface area contributed by atoms with Crippen molar-refractivity contribution in [2.24, 2.45) is 0 Å². The average Bonchev–Trinajstić information content (AvgIpc) is 2.33. The van der Waals surface area contributed by atoms with Crippen LogP contribution in [0.4, 0.5) is 0 Å². The van der Waals surface area contributed by atoms with Gasteiger partial charge in [0.2, 0.25) is 0 Å². The summed E-state index contributed by atoms with van der Waals surface area (Å²) in [6, 6.07) is 0. The van der Waals surface area contributed by atoms with Crippen molar-refractivity contribution >= 4 is 5.78 Å². The molecule has 0 spiro atoms. The molecular weight excluding hydrogens is 220 g/mol. The van der Waals surface area contributed by atoms with Crippen LogP contribution in [0.1, 0.15) is 52.9 Å². The zero-order chi connectivity index (χ0) is 12.9. The average molecular weight is 240 g/mol. The van der Waals surface area contributed by atoms with E-state index < -0.39 is 0 Å². The summed E-state index contributed by atoms with van der Waals surface area (Å²) in [7, 11) is 0. The van der Waals surface area contributed by atoms with Crippen LogP contribution in [0.3, 0.4) is 0 Å². The van der Waals surface area contributed by atoms with Gasteiger partial charge in [-0.3, -0.25) is 4.79 Å². The molecule has 3 aliphatic carbocycles. The molecule has 3 aliphatic rings. The highest BCUT2D eigenvalue weighted by Gasteiger charge is 2.31. The maximum atomic E-state index is 12.6. The second-order valence-corrected chi connectivity index (χ2v) is 6.02. The minimum Gasteiger partial charge on any atom is -0.289 e. The Balaban J connectivity index is 1.94.